The minimum atomic E-state index is -0.455. The van der Waals surface area contributed by atoms with Gasteiger partial charge >= 0.3 is 24.1 Å². The fourth-order valence-corrected chi connectivity index (χ4v) is 22.4. The lowest BCUT2D eigenvalue weighted by Crippen LogP contribution is -2.45. The number of rotatable bonds is 11. The van der Waals surface area contributed by atoms with Crippen LogP contribution in [0.25, 0.3) is 82.8 Å². The minimum Gasteiger partial charge on any atom is -0.348 e. The smallest absolute Gasteiger partial charge is 0.320 e. The summed E-state index contributed by atoms with van der Waals surface area (Å²) in [5, 5.41) is 5.27. The third kappa shape index (κ3) is 17.9. The van der Waals surface area contributed by atoms with Crippen molar-refractivity contribution < 1.29 is 65.5 Å². The number of allylic oxidation sites excluding steroid dienone is 2. The number of hydrogen-bond acceptors (Lipinski definition) is 14. The lowest BCUT2D eigenvalue weighted by molar-refractivity contribution is -0.138. The van der Waals surface area contributed by atoms with Gasteiger partial charge in [-0.1, -0.05) is 18.2 Å². The molecule has 0 bridgehead atoms. The van der Waals surface area contributed by atoms with Crippen molar-refractivity contribution in [3.63, 3.8) is 0 Å². The zero-order chi connectivity index (χ0) is 97.1. The van der Waals surface area contributed by atoms with Gasteiger partial charge in [-0.3, -0.25) is 42.5 Å². The summed E-state index contributed by atoms with van der Waals surface area (Å²) in [7, 11) is 0. The van der Waals surface area contributed by atoms with Crippen LogP contribution in [0.15, 0.2) is 165 Å². The van der Waals surface area contributed by atoms with E-state index in [0.29, 0.717) is 151 Å². The molecule has 141 heavy (non-hydrogen) atoms. The number of nitrogens with zero attached hydrogens (tertiary/aromatic N) is 19. The van der Waals surface area contributed by atoms with E-state index in [-0.39, 0.29) is 91.7 Å². The Hall–Kier alpha value is -15.0. The molecule has 24 rings (SSSR count). The minimum absolute atomic E-state index is 0.000757. The molecular weight excluding hydrogens is 1800 g/mol. The number of nitrogens with one attached hydrogen (secondary N) is 1. The summed E-state index contributed by atoms with van der Waals surface area (Å²) in [5.74, 6) is -3.03. The monoisotopic (exact) mass is 1910 g/mol. The van der Waals surface area contributed by atoms with Crippen LogP contribution < -0.4 is 11.1 Å². The van der Waals surface area contributed by atoms with E-state index in [1.54, 1.807) is 52.9 Å². The van der Waals surface area contributed by atoms with Crippen molar-refractivity contribution in [2.45, 2.75) is 156 Å². The molecule has 0 atom stereocenters. The van der Waals surface area contributed by atoms with Crippen molar-refractivity contribution in [2.24, 2.45) is 5.73 Å². The molecular formula is C106H109F4N21O10. The predicted molar refractivity (Wildman–Crippen MR) is 523 cm³/mol. The highest BCUT2D eigenvalue weighted by Gasteiger charge is 2.41. The Morgan fingerprint density at radius 2 is 0.738 bits per heavy atom. The molecule has 3 N–H and O–H groups in total. The van der Waals surface area contributed by atoms with Crippen molar-refractivity contribution >= 4 is 142 Å². The predicted octanol–water partition coefficient (Wildman–Crippen LogP) is 15.0. The van der Waals surface area contributed by atoms with Crippen molar-refractivity contribution in [1.82, 2.24) is 95.8 Å². The van der Waals surface area contributed by atoms with Gasteiger partial charge in [0.1, 0.15) is 40.2 Å². The summed E-state index contributed by atoms with van der Waals surface area (Å²) in [6.07, 6.45) is 32.0. The van der Waals surface area contributed by atoms with Crippen molar-refractivity contribution in [3.8, 4) is 0 Å². The number of piperidine rings is 4. The van der Waals surface area contributed by atoms with Crippen LogP contribution >= 0.6 is 0 Å². The summed E-state index contributed by atoms with van der Waals surface area (Å²) in [5.41, 5.74) is 21.2. The molecule has 4 saturated heterocycles. The quantitative estimate of drug-likeness (QED) is 0.0899. The van der Waals surface area contributed by atoms with Gasteiger partial charge in [0.2, 0.25) is 11.8 Å². The summed E-state index contributed by atoms with van der Waals surface area (Å²) >= 11 is 0. The van der Waals surface area contributed by atoms with E-state index in [4.69, 9.17) is 5.73 Å². The molecule has 4 fully saturated rings. The first-order chi connectivity index (χ1) is 68.5. The number of carbonyl (C=O) groups is 10. The number of ketones is 3. The molecule has 35 heteroatoms. The second kappa shape index (κ2) is 39.0. The lowest BCUT2D eigenvalue weighted by atomic mass is 9.98. The van der Waals surface area contributed by atoms with Crippen LogP contribution in [-0.2, 0) is 78.0 Å². The van der Waals surface area contributed by atoms with Gasteiger partial charge in [-0.15, -0.1) is 0 Å². The number of nitrogens with two attached hydrogens (primary N) is 1. The first-order valence-corrected chi connectivity index (χ1v) is 49.1. The molecule has 0 radical (unpaired) electrons. The van der Waals surface area contributed by atoms with E-state index in [0.717, 1.165) is 207 Å². The standard InChI is InChI=1S/C30H29FN6O3.C29H28FN5O2.C28H29FN6O3.C19H23FN4O2/c1-19(38)37-18-24(27(29(37)39)25-15-32-26-7-3-6-10-36(25)26)23-17-34-11-12-35(30(40)33-8-4-2-5-9-33)16-20-13-21(31)14-22(23)28(20)34;30-20-14-19-17-34(29(37)32-9-3-1-4-10-32)13-12-33-18-23(22(15-20)28(19)33)21-7-8-25(36)27(21)24-16-31-26-6-2-5-11-35(24)26;29-20-12-19-17-34(28(38)32-7-3-1-4-8-32)11-10-33-18-23(22(13-20)27(19)33)24(36)16-31-26(37)14-21-15-30-25-6-2-5-9-35(21)25;20-14-8-13-11-24(19(26)22-4-2-1-3-5-22)7-6-23-12-16(17(25)10-21)15(9-14)18(13)23/h3,6-7,10,13-15,17H,2,4-5,8-9,11-12,16,18H2,1H3;2,5-6,11,14-16,18H,1,3-4,7-10,12-13,17H2;2,5-6,9,12-13,15,18H,1,3-4,7-8,10-11,14,16-17H2,(H,31,37);8-9,12H,1-7,10-11,21H2. The Morgan fingerprint density at radius 1 is 0.376 bits per heavy atom. The molecule has 4 aromatic carbocycles. The van der Waals surface area contributed by atoms with Gasteiger partial charge in [-0.2, -0.15) is 0 Å². The number of aromatic nitrogens is 10. The highest BCUT2D eigenvalue weighted by atomic mass is 19.1. The van der Waals surface area contributed by atoms with Gasteiger partial charge in [-0.25, -0.2) is 51.7 Å². The second-order valence-corrected chi connectivity index (χ2v) is 38.2. The topological polar surface area (TPSA) is 310 Å². The van der Waals surface area contributed by atoms with Crippen LogP contribution in [0.4, 0.5) is 36.7 Å². The maximum Gasteiger partial charge on any atom is 0.320 e. The molecule has 0 spiro atoms. The Kier molecular flexibility index (Phi) is 25.5. The van der Waals surface area contributed by atoms with E-state index in [2.05, 4.69) is 35.6 Å². The average Bonchev–Trinajstić information content (AvgIpc) is 1.58. The number of fused-ring (bicyclic) bond motifs is 3. The maximum atomic E-state index is 15.2. The Labute approximate surface area is 808 Å². The molecule has 19 heterocycles. The fraction of sp³-hybridized carbons (Fsp3) is 0.368. The molecule has 11 amide bonds. The number of halogens is 4. The second-order valence-electron chi connectivity index (χ2n) is 38.2. The molecule has 9 aliphatic heterocycles. The average molecular weight is 1910 g/mol. The van der Waals surface area contributed by atoms with Crippen LogP contribution in [0, 0.1) is 23.3 Å². The first kappa shape index (κ1) is 92.3. The number of benzene rings is 4. The Bertz CT molecular complexity index is 7490. The van der Waals surface area contributed by atoms with Gasteiger partial charge in [0.05, 0.1) is 83.2 Å². The van der Waals surface area contributed by atoms with Crippen LogP contribution in [0.5, 0.6) is 0 Å². The molecule has 0 unspecified atom stereocenters. The number of amides is 11. The summed E-state index contributed by atoms with van der Waals surface area (Å²) < 4.78 is 72.8. The third-order valence-corrected chi connectivity index (χ3v) is 29.2. The largest absolute Gasteiger partial charge is 0.348 e. The highest BCUT2D eigenvalue weighted by molar-refractivity contribution is 6.34. The van der Waals surface area contributed by atoms with Crippen molar-refractivity contribution in [3.05, 3.63) is 250 Å². The van der Waals surface area contributed by atoms with E-state index in [9.17, 15) is 56.7 Å². The normalized spacial score (nSPS) is 17.3. The Morgan fingerprint density at radius 3 is 1.15 bits per heavy atom. The molecule has 31 nitrogen and oxygen atoms in total. The van der Waals surface area contributed by atoms with E-state index >= 15 is 8.78 Å². The number of likely N-dealkylation sites (tertiary alicyclic amines) is 4. The zero-order valence-electron chi connectivity index (χ0n) is 78.6. The van der Waals surface area contributed by atoms with E-state index < -0.39 is 23.4 Å². The van der Waals surface area contributed by atoms with Crippen LogP contribution in [0.3, 0.4) is 0 Å². The number of carbonyl (C=O) groups excluding carboxylic acids is 10. The van der Waals surface area contributed by atoms with Gasteiger partial charge in [0.25, 0.3) is 5.91 Å². The number of Topliss-reactive ketones (excluding diaryl/α,β-unsaturated/α-hetero) is 3. The summed E-state index contributed by atoms with van der Waals surface area (Å²) in [4.78, 5) is 159. The number of urea groups is 4. The number of imidazole rings is 3. The fourth-order valence-electron chi connectivity index (χ4n) is 22.4. The van der Waals surface area contributed by atoms with Gasteiger partial charge in [-0.05, 0) is 202 Å². The van der Waals surface area contributed by atoms with E-state index in [1.807, 2.05) is 131 Å². The third-order valence-electron chi connectivity index (χ3n) is 29.2. The van der Waals surface area contributed by atoms with Gasteiger partial charge in [0.15, 0.2) is 17.3 Å². The van der Waals surface area contributed by atoms with Crippen LogP contribution in [0.2, 0.25) is 0 Å². The molecule has 1 aliphatic carbocycles. The first-order valence-electron chi connectivity index (χ1n) is 49.1. The number of hydrogen-bond donors (Lipinski definition) is 2. The summed E-state index contributed by atoms with van der Waals surface area (Å²) in [6.45, 7) is 13.0. The van der Waals surface area contributed by atoms with E-state index in [1.165, 1.54) is 48.2 Å². The van der Waals surface area contributed by atoms with Gasteiger partial charge in [0, 0.05) is 243 Å². The molecule has 726 valence electrons. The molecule has 0 saturated carbocycles. The highest BCUT2D eigenvalue weighted by Crippen LogP contribution is 2.45. The lowest BCUT2D eigenvalue weighted by Gasteiger charge is -2.32. The number of imide groups is 1. The Balaban J connectivity index is 0.000000113. The molecule has 10 aromatic heterocycles. The van der Waals surface area contributed by atoms with Crippen LogP contribution in [-0.4, -0.2) is 248 Å². The SMILES string of the molecule is CC(=O)N1CC(c2cn3c4c(cc(F)cc24)CN(C(=O)N2CCCCC2)CC3)=C(c2cnc3ccccn23)C1=O.NCC(=O)c1cn2c3c(cc(F)cc13)CN(C(=O)N1CCCCC1)CC2.O=C(Cc1cnc2ccccn12)NCC(=O)c1cn2c3c(cc(F)cc13)CN(C(=O)N1CCCCC1)CC2.O=C1CCC(c2cn3c4c(cc(F)cc24)CN(C(=O)N2CCCCC2)CC3)=C1c1cnc2ccccn12. The van der Waals surface area contributed by atoms with Crippen molar-refractivity contribution in [1.29, 1.82) is 0 Å². The number of pyridine rings is 3. The van der Waals surface area contributed by atoms with Gasteiger partial charge < -0.3 is 72.9 Å². The molecule has 10 aliphatic rings. The van der Waals surface area contributed by atoms with Crippen LogP contribution in [0.1, 0.15) is 168 Å². The zero-order valence-corrected chi connectivity index (χ0v) is 78.6. The molecule has 14 aromatic rings. The summed E-state index contributed by atoms with van der Waals surface area (Å²) in [6, 6.07) is 28.8. The van der Waals surface area contributed by atoms with Crippen molar-refractivity contribution in [2.75, 3.05) is 98.2 Å². The maximum absolute atomic E-state index is 15.2.